The number of hydrogen-bond donors (Lipinski definition) is 3. The van der Waals surface area contributed by atoms with Gasteiger partial charge in [0.15, 0.2) is 0 Å². The first-order valence-corrected chi connectivity index (χ1v) is 9.58. The minimum absolute atomic E-state index is 0.00112. The fraction of sp³-hybridized carbons (Fsp3) is 0.150. The van der Waals surface area contributed by atoms with Gasteiger partial charge in [-0.3, -0.25) is 19.1 Å². The van der Waals surface area contributed by atoms with Gasteiger partial charge >= 0.3 is 5.69 Å². The number of rotatable bonds is 6. The molecule has 0 saturated heterocycles. The van der Waals surface area contributed by atoms with Crippen LogP contribution in [0, 0.1) is 0 Å². The first-order valence-electron chi connectivity index (χ1n) is 8.79. The monoisotopic (exact) mass is 457 g/mol. The van der Waals surface area contributed by atoms with Crippen molar-refractivity contribution < 1.29 is 4.79 Å². The molecule has 0 aliphatic carbocycles. The Kier molecular flexibility index (Phi) is 6.18. The van der Waals surface area contributed by atoms with Crippen molar-refractivity contribution in [3.63, 3.8) is 0 Å². The van der Waals surface area contributed by atoms with Gasteiger partial charge in [0.05, 0.1) is 18.8 Å². The Hall–Kier alpha value is -3.33. The maximum Gasteiger partial charge on any atom is 0.330 e. The van der Waals surface area contributed by atoms with Crippen LogP contribution in [0.25, 0.3) is 0 Å². The van der Waals surface area contributed by atoms with E-state index < -0.39 is 11.2 Å². The summed E-state index contributed by atoms with van der Waals surface area (Å²) in [6.07, 6.45) is 0. The lowest BCUT2D eigenvalue weighted by molar-refractivity contribution is -0.114. The molecule has 0 aliphatic rings. The summed E-state index contributed by atoms with van der Waals surface area (Å²) in [5.41, 5.74) is 6.42. The first-order chi connectivity index (χ1) is 13.9. The van der Waals surface area contributed by atoms with E-state index in [1.807, 2.05) is 42.5 Å². The van der Waals surface area contributed by atoms with Gasteiger partial charge in [-0.15, -0.1) is 0 Å². The number of nitrogens with zero attached hydrogens (tertiary/aromatic N) is 2. The predicted molar refractivity (Wildman–Crippen MR) is 117 cm³/mol. The maximum atomic E-state index is 12.4. The lowest BCUT2D eigenvalue weighted by atomic mass is 10.2. The number of nitrogens with two attached hydrogens (primary N) is 1. The second-order valence-electron chi connectivity index (χ2n) is 6.45. The lowest BCUT2D eigenvalue weighted by Gasteiger charge is -2.21. The summed E-state index contributed by atoms with van der Waals surface area (Å²) >= 11 is 3.37. The van der Waals surface area contributed by atoms with Gasteiger partial charge in [0, 0.05) is 11.5 Å². The molecule has 0 saturated carbocycles. The number of benzene rings is 2. The standard InChI is InChI=1S/C20H20BrN5O3/c1-25(12-16(27)23-15-10-6-5-9-14(15)21)17-18(22)26(20(29)24-19(17)28)11-13-7-3-2-4-8-13/h2-10H,11-12,22H2,1H3,(H,23,27)(H,24,28,29). The summed E-state index contributed by atoms with van der Waals surface area (Å²) in [6.45, 7) is 0.0738. The molecule has 0 aliphatic heterocycles. The van der Waals surface area contributed by atoms with Crippen molar-refractivity contribution in [3.8, 4) is 0 Å². The molecule has 4 N–H and O–H groups in total. The highest BCUT2D eigenvalue weighted by Crippen LogP contribution is 2.21. The van der Waals surface area contributed by atoms with Crippen molar-refractivity contribution in [2.45, 2.75) is 6.54 Å². The molecule has 1 heterocycles. The fourth-order valence-corrected chi connectivity index (χ4v) is 3.30. The number of nitrogens with one attached hydrogen (secondary N) is 2. The average Bonchev–Trinajstić information content (AvgIpc) is 2.67. The average molecular weight is 458 g/mol. The molecular weight excluding hydrogens is 438 g/mol. The van der Waals surface area contributed by atoms with Crippen molar-refractivity contribution in [2.24, 2.45) is 0 Å². The lowest BCUT2D eigenvalue weighted by Crippen LogP contribution is -2.39. The van der Waals surface area contributed by atoms with Crippen molar-refractivity contribution in [2.75, 3.05) is 29.5 Å². The smallest absolute Gasteiger partial charge is 0.330 e. The van der Waals surface area contributed by atoms with Gasteiger partial charge in [-0.25, -0.2) is 4.79 Å². The number of para-hydroxylation sites is 1. The van der Waals surface area contributed by atoms with Crippen LogP contribution in [-0.4, -0.2) is 29.1 Å². The Balaban J connectivity index is 1.84. The van der Waals surface area contributed by atoms with Gasteiger partial charge in [0.25, 0.3) is 5.56 Å². The summed E-state index contributed by atoms with van der Waals surface area (Å²) in [7, 11) is 1.57. The van der Waals surface area contributed by atoms with Crippen LogP contribution in [0.15, 0.2) is 68.7 Å². The summed E-state index contributed by atoms with van der Waals surface area (Å²) in [4.78, 5) is 40.7. The van der Waals surface area contributed by atoms with E-state index in [9.17, 15) is 14.4 Å². The molecular formula is C20H20BrN5O3. The summed E-state index contributed by atoms with van der Waals surface area (Å²) in [6, 6.07) is 16.5. The van der Waals surface area contributed by atoms with E-state index in [1.54, 1.807) is 19.2 Å². The quantitative estimate of drug-likeness (QED) is 0.523. The highest BCUT2D eigenvalue weighted by molar-refractivity contribution is 9.10. The Morgan fingerprint density at radius 1 is 1.14 bits per heavy atom. The SMILES string of the molecule is CN(CC(=O)Nc1ccccc1Br)c1c(N)n(Cc2ccccc2)c(=O)[nH]c1=O. The van der Waals surface area contributed by atoms with Gasteiger partial charge in [0.1, 0.15) is 11.5 Å². The molecule has 0 bridgehead atoms. The molecule has 1 aromatic heterocycles. The van der Waals surface area contributed by atoms with E-state index in [0.717, 1.165) is 10.0 Å². The second-order valence-corrected chi connectivity index (χ2v) is 7.30. The van der Waals surface area contributed by atoms with Crippen LogP contribution < -0.4 is 27.2 Å². The molecule has 3 aromatic rings. The molecule has 0 fully saturated rings. The topological polar surface area (TPSA) is 113 Å². The summed E-state index contributed by atoms with van der Waals surface area (Å²) in [5.74, 6) is -0.335. The number of anilines is 3. The normalized spacial score (nSPS) is 10.6. The number of amides is 1. The molecule has 9 heteroatoms. The largest absolute Gasteiger partial charge is 0.383 e. The van der Waals surface area contributed by atoms with Crippen molar-refractivity contribution >= 4 is 39.0 Å². The van der Waals surface area contributed by atoms with Gasteiger partial charge in [0.2, 0.25) is 5.91 Å². The van der Waals surface area contributed by atoms with Crippen LogP contribution in [-0.2, 0) is 11.3 Å². The molecule has 3 rings (SSSR count). The molecule has 2 aromatic carbocycles. The minimum Gasteiger partial charge on any atom is -0.383 e. The van der Waals surface area contributed by atoms with Gasteiger partial charge < -0.3 is 16.0 Å². The zero-order chi connectivity index (χ0) is 21.0. The fourth-order valence-electron chi connectivity index (χ4n) is 2.92. The van der Waals surface area contributed by atoms with E-state index in [1.165, 1.54) is 9.47 Å². The minimum atomic E-state index is -0.645. The third-order valence-electron chi connectivity index (χ3n) is 4.31. The van der Waals surface area contributed by atoms with Gasteiger partial charge in [-0.2, -0.15) is 0 Å². The summed E-state index contributed by atoms with van der Waals surface area (Å²) in [5, 5.41) is 2.77. The first kappa shape index (κ1) is 20.4. The molecule has 0 unspecified atom stereocenters. The van der Waals surface area contributed by atoms with E-state index >= 15 is 0 Å². The highest BCUT2D eigenvalue weighted by Gasteiger charge is 2.18. The number of halogens is 1. The maximum absolute atomic E-state index is 12.4. The van der Waals surface area contributed by atoms with E-state index in [0.29, 0.717) is 5.69 Å². The number of likely N-dealkylation sites (N-methyl/N-ethyl adjacent to an activating group) is 1. The van der Waals surface area contributed by atoms with E-state index in [4.69, 9.17) is 5.73 Å². The number of aromatic nitrogens is 2. The number of carbonyl (C=O) groups is 1. The van der Waals surface area contributed by atoms with Crippen LogP contribution in [0.5, 0.6) is 0 Å². The zero-order valence-corrected chi connectivity index (χ0v) is 17.3. The van der Waals surface area contributed by atoms with Crippen LogP contribution in [0.4, 0.5) is 17.2 Å². The molecule has 8 nitrogen and oxygen atoms in total. The van der Waals surface area contributed by atoms with Crippen LogP contribution in [0.1, 0.15) is 5.56 Å². The third-order valence-corrected chi connectivity index (χ3v) is 5.00. The van der Waals surface area contributed by atoms with Gasteiger partial charge in [-0.05, 0) is 33.6 Å². The molecule has 150 valence electrons. The van der Waals surface area contributed by atoms with Crippen LogP contribution in [0.3, 0.4) is 0 Å². The van der Waals surface area contributed by atoms with Gasteiger partial charge in [-0.1, -0.05) is 42.5 Å². The third kappa shape index (κ3) is 4.75. The highest BCUT2D eigenvalue weighted by atomic mass is 79.9. The molecule has 1 amide bonds. The van der Waals surface area contributed by atoms with Crippen molar-refractivity contribution in [1.29, 1.82) is 0 Å². The Bertz CT molecular complexity index is 1140. The molecule has 29 heavy (non-hydrogen) atoms. The number of aromatic amines is 1. The van der Waals surface area contributed by atoms with Crippen molar-refractivity contribution in [1.82, 2.24) is 9.55 Å². The Morgan fingerprint density at radius 3 is 2.48 bits per heavy atom. The Labute approximate surface area is 175 Å². The Morgan fingerprint density at radius 2 is 1.79 bits per heavy atom. The number of H-pyrrole nitrogens is 1. The van der Waals surface area contributed by atoms with Crippen molar-refractivity contribution in [3.05, 3.63) is 85.5 Å². The van der Waals surface area contributed by atoms with Crippen LogP contribution >= 0.6 is 15.9 Å². The zero-order valence-electron chi connectivity index (χ0n) is 15.7. The second kappa shape index (κ2) is 8.78. The van der Waals surface area contributed by atoms with E-state index in [2.05, 4.69) is 26.2 Å². The summed E-state index contributed by atoms with van der Waals surface area (Å²) < 4.78 is 2.01. The number of nitrogen functional groups attached to an aromatic ring is 1. The molecule has 0 spiro atoms. The number of hydrogen-bond acceptors (Lipinski definition) is 5. The van der Waals surface area contributed by atoms with Crippen LogP contribution in [0.2, 0.25) is 0 Å². The molecule has 0 atom stereocenters. The van der Waals surface area contributed by atoms with E-state index in [-0.39, 0.29) is 30.5 Å². The predicted octanol–water partition coefficient (Wildman–Crippen LogP) is 2.00. The molecule has 0 radical (unpaired) electrons. The number of carbonyl (C=O) groups excluding carboxylic acids is 1.